The van der Waals surface area contributed by atoms with E-state index in [1.807, 2.05) is 0 Å². The highest BCUT2D eigenvalue weighted by Crippen LogP contribution is 2.33. The van der Waals surface area contributed by atoms with Gasteiger partial charge >= 0.3 is 6.18 Å². The Kier molecular flexibility index (Phi) is 6.86. The van der Waals surface area contributed by atoms with Crippen LogP contribution < -0.4 is 10.1 Å². The molecule has 1 aromatic rings. The molecule has 4 nitrogen and oxygen atoms in total. The van der Waals surface area contributed by atoms with Crippen LogP contribution in [0.25, 0.3) is 0 Å². The molecule has 0 aliphatic rings. The molecule has 0 fully saturated rings. The molecule has 1 unspecified atom stereocenters. The van der Waals surface area contributed by atoms with Gasteiger partial charge in [0, 0.05) is 20.2 Å². The van der Waals surface area contributed by atoms with E-state index in [2.05, 4.69) is 5.32 Å². The van der Waals surface area contributed by atoms with Crippen LogP contribution in [-0.2, 0) is 10.9 Å². The highest BCUT2D eigenvalue weighted by molar-refractivity contribution is 5.31. The first-order chi connectivity index (χ1) is 9.84. The van der Waals surface area contributed by atoms with Crippen molar-refractivity contribution in [1.29, 1.82) is 0 Å². The molecule has 0 amide bonds. The number of hydrogen-bond acceptors (Lipinski definition) is 4. The topological polar surface area (TPSA) is 50.7 Å². The predicted octanol–water partition coefficient (Wildman–Crippen LogP) is 1.82. The molecule has 0 saturated heterocycles. The van der Waals surface area contributed by atoms with Crippen LogP contribution in [-0.4, -0.2) is 44.6 Å². The molecule has 1 atom stereocenters. The summed E-state index contributed by atoms with van der Waals surface area (Å²) in [5.41, 5.74) is -1.40. The van der Waals surface area contributed by atoms with Crippen LogP contribution in [0, 0.1) is 5.82 Å². The van der Waals surface area contributed by atoms with Gasteiger partial charge in [0.25, 0.3) is 0 Å². The lowest BCUT2D eigenvalue weighted by Gasteiger charge is -2.14. The highest BCUT2D eigenvalue weighted by atomic mass is 19.4. The minimum Gasteiger partial charge on any atom is -0.491 e. The maximum atomic E-state index is 13.1. The zero-order valence-corrected chi connectivity index (χ0v) is 11.4. The number of benzene rings is 1. The lowest BCUT2D eigenvalue weighted by molar-refractivity contribution is -0.140. The summed E-state index contributed by atoms with van der Waals surface area (Å²) in [5.74, 6) is -1.52. The fourth-order valence-electron chi connectivity index (χ4n) is 1.51. The molecule has 1 rings (SSSR count). The van der Waals surface area contributed by atoms with E-state index in [9.17, 15) is 22.7 Å². The molecule has 0 bridgehead atoms. The van der Waals surface area contributed by atoms with E-state index in [0.29, 0.717) is 25.3 Å². The predicted molar refractivity (Wildman–Crippen MR) is 67.6 cm³/mol. The van der Waals surface area contributed by atoms with Crippen LogP contribution in [0.1, 0.15) is 5.56 Å². The zero-order valence-electron chi connectivity index (χ0n) is 11.4. The summed E-state index contributed by atoms with van der Waals surface area (Å²) in [6.07, 6.45) is -5.69. The van der Waals surface area contributed by atoms with Crippen LogP contribution in [0.4, 0.5) is 17.6 Å². The van der Waals surface area contributed by atoms with Crippen molar-refractivity contribution in [2.24, 2.45) is 0 Å². The average Bonchev–Trinajstić information content (AvgIpc) is 2.41. The molecule has 120 valence electrons. The number of rotatable bonds is 8. The zero-order chi connectivity index (χ0) is 15.9. The van der Waals surface area contributed by atoms with Gasteiger partial charge in [-0.05, 0) is 18.2 Å². The molecular weight excluding hydrogens is 294 g/mol. The van der Waals surface area contributed by atoms with Crippen molar-refractivity contribution in [2.75, 3.05) is 33.4 Å². The van der Waals surface area contributed by atoms with Gasteiger partial charge in [0.1, 0.15) is 24.3 Å². The first kappa shape index (κ1) is 17.7. The lowest BCUT2D eigenvalue weighted by atomic mass is 10.2. The number of methoxy groups -OCH3 is 1. The molecule has 0 radical (unpaired) electrons. The number of aliphatic hydroxyl groups excluding tert-OH is 1. The molecule has 0 heterocycles. The third kappa shape index (κ3) is 6.28. The number of nitrogens with one attached hydrogen (secondary N) is 1. The summed E-state index contributed by atoms with van der Waals surface area (Å²) in [5, 5.41) is 12.4. The fraction of sp³-hybridized carbons (Fsp3) is 0.538. The van der Waals surface area contributed by atoms with Crippen molar-refractivity contribution < 1.29 is 32.1 Å². The van der Waals surface area contributed by atoms with E-state index < -0.39 is 23.7 Å². The Morgan fingerprint density at radius 3 is 2.67 bits per heavy atom. The maximum absolute atomic E-state index is 13.1. The molecule has 0 aromatic heterocycles. The second-order valence-corrected chi connectivity index (χ2v) is 4.30. The normalized spacial score (nSPS) is 13.2. The Hall–Kier alpha value is -1.38. The second kappa shape index (κ2) is 8.16. The smallest absolute Gasteiger partial charge is 0.419 e. The summed E-state index contributed by atoms with van der Waals surface area (Å²) in [4.78, 5) is 0. The van der Waals surface area contributed by atoms with Gasteiger partial charge < -0.3 is 19.9 Å². The summed E-state index contributed by atoms with van der Waals surface area (Å²) in [6.45, 7) is 1.00. The average molecular weight is 311 g/mol. The van der Waals surface area contributed by atoms with Crippen molar-refractivity contribution in [3.63, 3.8) is 0 Å². The van der Waals surface area contributed by atoms with E-state index in [0.717, 1.165) is 6.07 Å². The Morgan fingerprint density at radius 1 is 1.33 bits per heavy atom. The van der Waals surface area contributed by atoms with Crippen LogP contribution in [0.5, 0.6) is 5.75 Å². The largest absolute Gasteiger partial charge is 0.491 e. The van der Waals surface area contributed by atoms with E-state index in [4.69, 9.17) is 9.47 Å². The van der Waals surface area contributed by atoms with Gasteiger partial charge in [-0.15, -0.1) is 0 Å². The van der Waals surface area contributed by atoms with Crippen LogP contribution >= 0.6 is 0 Å². The summed E-state index contributed by atoms with van der Waals surface area (Å²) >= 11 is 0. The van der Waals surface area contributed by atoms with Crippen LogP contribution in [0.3, 0.4) is 0 Å². The molecule has 0 saturated carbocycles. The van der Waals surface area contributed by atoms with E-state index in [1.54, 1.807) is 0 Å². The molecule has 21 heavy (non-hydrogen) atoms. The number of aliphatic hydroxyl groups is 1. The molecule has 8 heteroatoms. The minimum atomic E-state index is -4.79. The maximum Gasteiger partial charge on any atom is 0.419 e. The Bertz CT molecular complexity index is 440. The van der Waals surface area contributed by atoms with Crippen molar-refractivity contribution in [1.82, 2.24) is 5.32 Å². The Labute approximate surface area is 119 Å². The number of ether oxygens (including phenoxy) is 2. The van der Waals surface area contributed by atoms with Gasteiger partial charge in [-0.25, -0.2) is 4.39 Å². The third-order valence-electron chi connectivity index (χ3n) is 2.55. The number of hydrogen-bond donors (Lipinski definition) is 2. The summed E-state index contributed by atoms with van der Waals surface area (Å²) in [6, 6.07) is 2.33. The third-order valence-corrected chi connectivity index (χ3v) is 2.55. The SMILES string of the molecule is COCCNCC(O)COc1ccc(F)c(C(F)(F)F)c1. The molecule has 1 aromatic carbocycles. The van der Waals surface area contributed by atoms with Crippen LogP contribution in [0.2, 0.25) is 0 Å². The van der Waals surface area contributed by atoms with E-state index in [-0.39, 0.29) is 18.9 Å². The second-order valence-electron chi connectivity index (χ2n) is 4.30. The molecule has 0 aliphatic heterocycles. The number of alkyl halides is 3. The molecule has 0 spiro atoms. The van der Waals surface area contributed by atoms with Crippen molar-refractivity contribution in [3.8, 4) is 5.75 Å². The fourth-order valence-corrected chi connectivity index (χ4v) is 1.51. The van der Waals surface area contributed by atoms with E-state index >= 15 is 0 Å². The molecular formula is C13H17F4NO3. The van der Waals surface area contributed by atoms with E-state index in [1.165, 1.54) is 7.11 Å². The van der Waals surface area contributed by atoms with Gasteiger partial charge in [0.05, 0.1) is 12.2 Å². The monoisotopic (exact) mass is 311 g/mol. The first-order valence-corrected chi connectivity index (χ1v) is 6.22. The standard InChI is InChI=1S/C13H17F4NO3/c1-20-5-4-18-7-9(19)8-21-10-2-3-12(14)11(6-10)13(15,16)17/h2-3,6,9,18-19H,4-5,7-8H2,1H3. The van der Waals surface area contributed by atoms with Gasteiger partial charge in [-0.1, -0.05) is 0 Å². The first-order valence-electron chi connectivity index (χ1n) is 6.22. The van der Waals surface area contributed by atoms with Crippen molar-refractivity contribution >= 4 is 0 Å². The van der Waals surface area contributed by atoms with Gasteiger partial charge in [0.15, 0.2) is 0 Å². The Balaban J connectivity index is 2.48. The molecule has 0 aliphatic carbocycles. The van der Waals surface area contributed by atoms with Gasteiger partial charge in [-0.2, -0.15) is 13.2 Å². The number of halogens is 4. The Morgan fingerprint density at radius 2 is 2.05 bits per heavy atom. The quantitative estimate of drug-likeness (QED) is 0.568. The summed E-state index contributed by atoms with van der Waals surface area (Å²) < 4.78 is 60.4. The summed E-state index contributed by atoms with van der Waals surface area (Å²) in [7, 11) is 1.54. The lowest BCUT2D eigenvalue weighted by Crippen LogP contribution is -2.33. The van der Waals surface area contributed by atoms with Gasteiger partial charge in [-0.3, -0.25) is 0 Å². The van der Waals surface area contributed by atoms with Crippen molar-refractivity contribution in [2.45, 2.75) is 12.3 Å². The minimum absolute atomic E-state index is 0.153. The highest BCUT2D eigenvalue weighted by Gasteiger charge is 2.34. The van der Waals surface area contributed by atoms with Crippen molar-refractivity contribution in [3.05, 3.63) is 29.6 Å². The van der Waals surface area contributed by atoms with Crippen LogP contribution in [0.15, 0.2) is 18.2 Å². The van der Waals surface area contributed by atoms with Gasteiger partial charge in [0.2, 0.25) is 0 Å². The molecule has 2 N–H and O–H groups in total.